The summed E-state index contributed by atoms with van der Waals surface area (Å²) in [6, 6.07) is 1.72. The van der Waals surface area contributed by atoms with Crippen LogP contribution in [0.1, 0.15) is 37.9 Å². The molecule has 0 radical (unpaired) electrons. The fourth-order valence-corrected chi connectivity index (χ4v) is 4.00. The van der Waals surface area contributed by atoms with Crippen molar-refractivity contribution in [1.82, 2.24) is 9.29 Å². The van der Waals surface area contributed by atoms with Crippen molar-refractivity contribution in [3.63, 3.8) is 0 Å². The SMILES string of the molecule is CC1OCCC1NS(=O)(=O)c1cc(CO)n(C2CC2)c1. The summed E-state index contributed by atoms with van der Waals surface area (Å²) in [7, 11) is -3.56. The highest BCUT2D eigenvalue weighted by molar-refractivity contribution is 7.89. The number of sulfonamides is 1. The molecule has 6 nitrogen and oxygen atoms in total. The monoisotopic (exact) mass is 300 g/mol. The zero-order chi connectivity index (χ0) is 14.3. The first kappa shape index (κ1) is 14.1. The molecule has 2 atom stereocenters. The maximum absolute atomic E-state index is 12.4. The third-order valence-electron chi connectivity index (χ3n) is 4.00. The first-order valence-corrected chi connectivity index (χ1v) is 8.45. The predicted octanol–water partition coefficient (Wildman–Crippen LogP) is 0.771. The highest BCUT2D eigenvalue weighted by atomic mass is 32.2. The first-order chi connectivity index (χ1) is 9.51. The highest BCUT2D eigenvalue weighted by Crippen LogP contribution is 2.37. The average Bonchev–Trinajstić information content (AvgIpc) is 3.03. The van der Waals surface area contributed by atoms with Crippen molar-refractivity contribution in [2.45, 2.75) is 55.9 Å². The molecule has 1 aromatic heterocycles. The molecule has 1 saturated carbocycles. The standard InChI is InChI=1S/C13H20N2O4S/c1-9-13(4-5-19-9)14-20(17,18)12-6-11(8-16)15(7-12)10-2-3-10/h6-7,9-10,13-14,16H,2-5,8H2,1H3. The van der Waals surface area contributed by atoms with Gasteiger partial charge in [0, 0.05) is 24.5 Å². The predicted molar refractivity (Wildman–Crippen MR) is 72.8 cm³/mol. The second-order valence-corrected chi connectivity index (χ2v) is 7.27. The fraction of sp³-hybridized carbons (Fsp3) is 0.692. The van der Waals surface area contributed by atoms with E-state index in [1.54, 1.807) is 12.3 Å². The molecule has 2 aliphatic rings. The van der Waals surface area contributed by atoms with E-state index >= 15 is 0 Å². The summed E-state index contributed by atoms with van der Waals surface area (Å²) in [5.74, 6) is 0. The molecule has 2 fully saturated rings. The number of hydrogen-bond acceptors (Lipinski definition) is 4. The molecule has 7 heteroatoms. The van der Waals surface area contributed by atoms with Crippen molar-refractivity contribution in [2.24, 2.45) is 0 Å². The Morgan fingerprint density at radius 3 is 2.75 bits per heavy atom. The van der Waals surface area contributed by atoms with Gasteiger partial charge in [-0.25, -0.2) is 13.1 Å². The van der Waals surface area contributed by atoms with Gasteiger partial charge < -0.3 is 14.4 Å². The lowest BCUT2D eigenvalue weighted by molar-refractivity contribution is 0.117. The molecule has 0 amide bonds. The van der Waals surface area contributed by atoms with Crippen molar-refractivity contribution in [3.8, 4) is 0 Å². The number of aliphatic hydroxyl groups excluding tert-OH is 1. The number of nitrogens with zero attached hydrogens (tertiary/aromatic N) is 1. The molecule has 3 rings (SSSR count). The van der Waals surface area contributed by atoms with Crippen LogP contribution in [0.15, 0.2) is 17.2 Å². The zero-order valence-electron chi connectivity index (χ0n) is 11.4. The fourth-order valence-electron chi connectivity index (χ4n) is 2.62. The molecule has 1 saturated heterocycles. The van der Waals surface area contributed by atoms with Crippen molar-refractivity contribution < 1.29 is 18.3 Å². The van der Waals surface area contributed by atoms with Gasteiger partial charge in [-0.3, -0.25) is 0 Å². The number of nitrogens with one attached hydrogen (secondary N) is 1. The number of aromatic nitrogens is 1. The van der Waals surface area contributed by atoms with E-state index in [2.05, 4.69) is 4.72 Å². The minimum Gasteiger partial charge on any atom is -0.390 e. The van der Waals surface area contributed by atoms with E-state index in [4.69, 9.17) is 4.74 Å². The summed E-state index contributed by atoms with van der Waals surface area (Å²) in [6.45, 7) is 2.31. The first-order valence-electron chi connectivity index (χ1n) is 6.97. The molecular formula is C13H20N2O4S. The molecular weight excluding hydrogens is 280 g/mol. The van der Waals surface area contributed by atoms with Gasteiger partial charge in [0.1, 0.15) is 0 Å². The van der Waals surface area contributed by atoms with Crippen LogP contribution in [0.4, 0.5) is 0 Å². The smallest absolute Gasteiger partial charge is 0.242 e. The summed E-state index contributed by atoms with van der Waals surface area (Å²) in [5, 5.41) is 9.34. The van der Waals surface area contributed by atoms with Gasteiger partial charge in [0.2, 0.25) is 10.0 Å². The normalized spacial score (nSPS) is 27.1. The Kier molecular flexibility index (Phi) is 3.62. The summed E-state index contributed by atoms with van der Waals surface area (Å²) in [5.41, 5.74) is 0.656. The summed E-state index contributed by atoms with van der Waals surface area (Å²) < 4.78 is 34.7. The highest BCUT2D eigenvalue weighted by Gasteiger charge is 2.32. The van der Waals surface area contributed by atoms with Gasteiger partial charge in [0.15, 0.2) is 0 Å². The molecule has 0 spiro atoms. The van der Waals surface area contributed by atoms with E-state index in [9.17, 15) is 13.5 Å². The van der Waals surface area contributed by atoms with E-state index in [-0.39, 0.29) is 23.6 Å². The van der Waals surface area contributed by atoms with Crippen molar-refractivity contribution in [1.29, 1.82) is 0 Å². The second kappa shape index (κ2) is 5.14. The van der Waals surface area contributed by atoms with E-state index in [0.717, 1.165) is 12.8 Å². The number of aliphatic hydroxyl groups is 1. The van der Waals surface area contributed by atoms with Crippen molar-refractivity contribution >= 4 is 10.0 Å². The largest absolute Gasteiger partial charge is 0.390 e. The maximum Gasteiger partial charge on any atom is 0.242 e. The van der Waals surface area contributed by atoms with Gasteiger partial charge in [-0.2, -0.15) is 0 Å². The average molecular weight is 300 g/mol. The van der Waals surface area contributed by atoms with Gasteiger partial charge in [0.25, 0.3) is 0 Å². The Balaban J connectivity index is 1.83. The quantitative estimate of drug-likeness (QED) is 0.842. The minimum absolute atomic E-state index is 0.104. The molecule has 2 unspecified atom stereocenters. The summed E-state index contributed by atoms with van der Waals surface area (Å²) >= 11 is 0. The van der Waals surface area contributed by atoms with Crippen LogP contribution in [0.2, 0.25) is 0 Å². The summed E-state index contributed by atoms with van der Waals surface area (Å²) in [4.78, 5) is 0.229. The molecule has 0 bridgehead atoms. The summed E-state index contributed by atoms with van der Waals surface area (Å²) in [6.07, 6.45) is 4.31. The van der Waals surface area contributed by atoms with Crippen LogP contribution in [-0.4, -0.2) is 36.8 Å². The Bertz CT molecular complexity index is 592. The lowest BCUT2D eigenvalue weighted by atomic mass is 10.2. The van der Waals surface area contributed by atoms with Crippen LogP contribution in [0.3, 0.4) is 0 Å². The van der Waals surface area contributed by atoms with Crippen LogP contribution < -0.4 is 4.72 Å². The Hall–Kier alpha value is -0.890. The van der Waals surface area contributed by atoms with E-state index in [1.165, 1.54) is 0 Å². The Morgan fingerprint density at radius 2 is 2.20 bits per heavy atom. The Morgan fingerprint density at radius 1 is 1.45 bits per heavy atom. The van der Waals surface area contributed by atoms with E-state index in [1.807, 2.05) is 11.5 Å². The molecule has 20 heavy (non-hydrogen) atoms. The van der Waals surface area contributed by atoms with Gasteiger partial charge in [0.05, 0.1) is 23.6 Å². The molecule has 0 aromatic carbocycles. The van der Waals surface area contributed by atoms with Crippen molar-refractivity contribution in [2.75, 3.05) is 6.61 Å². The van der Waals surface area contributed by atoms with Crippen LogP contribution >= 0.6 is 0 Å². The van der Waals surface area contributed by atoms with Crippen LogP contribution in [-0.2, 0) is 21.4 Å². The second-order valence-electron chi connectivity index (χ2n) is 5.56. The lowest BCUT2D eigenvalue weighted by Gasteiger charge is -2.15. The third kappa shape index (κ3) is 2.63. The lowest BCUT2D eigenvalue weighted by Crippen LogP contribution is -2.38. The van der Waals surface area contributed by atoms with Gasteiger partial charge in [-0.15, -0.1) is 0 Å². The zero-order valence-corrected chi connectivity index (χ0v) is 12.3. The topological polar surface area (TPSA) is 80.6 Å². The number of ether oxygens (including phenoxy) is 1. The van der Waals surface area contributed by atoms with E-state index in [0.29, 0.717) is 24.8 Å². The number of rotatable bonds is 5. The molecule has 1 aliphatic carbocycles. The molecule has 2 N–H and O–H groups in total. The minimum atomic E-state index is -3.56. The molecule has 1 aliphatic heterocycles. The molecule has 112 valence electrons. The molecule has 2 heterocycles. The van der Waals surface area contributed by atoms with E-state index < -0.39 is 10.0 Å². The Labute approximate surface area is 118 Å². The van der Waals surface area contributed by atoms with Crippen LogP contribution in [0.25, 0.3) is 0 Å². The van der Waals surface area contributed by atoms with Gasteiger partial charge in [-0.05, 0) is 32.3 Å². The third-order valence-corrected chi connectivity index (χ3v) is 5.46. The van der Waals surface area contributed by atoms with Gasteiger partial charge in [-0.1, -0.05) is 0 Å². The van der Waals surface area contributed by atoms with Crippen LogP contribution in [0.5, 0.6) is 0 Å². The van der Waals surface area contributed by atoms with Crippen molar-refractivity contribution in [3.05, 3.63) is 18.0 Å². The van der Waals surface area contributed by atoms with Gasteiger partial charge >= 0.3 is 0 Å². The maximum atomic E-state index is 12.4. The van der Waals surface area contributed by atoms with Crippen LogP contribution in [0, 0.1) is 0 Å². The molecule has 1 aromatic rings. The number of hydrogen-bond donors (Lipinski definition) is 2.